The van der Waals surface area contributed by atoms with Gasteiger partial charge in [0.05, 0.1) is 41.5 Å². The van der Waals surface area contributed by atoms with Gasteiger partial charge in [-0.05, 0) is 19.1 Å². The van der Waals surface area contributed by atoms with Gasteiger partial charge in [0.25, 0.3) is 0 Å². The zero-order chi connectivity index (χ0) is 12.3. The second kappa shape index (κ2) is 6.10. The van der Waals surface area contributed by atoms with Gasteiger partial charge in [-0.1, -0.05) is 12.1 Å². The molecule has 2 rings (SSSR count). The Kier molecular flexibility index (Phi) is 4.74. The molecule has 0 radical (unpaired) electrons. The van der Waals surface area contributed by atoms with Crippen LogP contribution in [-0.2, 0) is 3.07 Å². The molecule has 0 spiro atoms. The summed E-state index contributed by atoms with van der Waals surface area (Å²) in [5.41, 5.74) is 0.979. The Balaban J connectivity index is 2.44. The molecule has 4 nitrogen and oxygen atoms in total. The van der Waals surface area contributed by atoms with Crippen molar-refractivity contribution in [2.75, 3.05) is 16.3 Å². The van der Waals surface area contributed by atoms with Crippen molar-refractivity contribution in [3.05, 3.63) is 30.1 Å². The Morgan fingerprint density at radius 1 is 1.29 bits per heavy atom. The number of rotatable bonds is 4. The largest absolute Gasteiger partial charge is 0.314 e. The van der Waals surface area contributed by atoms with Gasteiger partial charge in [0.15, 0.2) is 0 Å². The number of aryl methyl sites for hydroxylation is 1. The lowest BCUT2D eigenvalue weighted by Crippen LogP contribution is -2.16. The van der Waals surface area contributed by atoms with E-state index in [0.29, 0.717) is 6.61 Å². The normalized spacial score (nSPS) is 10.8. The number of halogens is 2. The third kappa shape index (κ3) is 3.16. The van der Waals surface area contributed by atoms with E-state index in [0.717, 1.165) is 29.1 Å². The molecule has 1 heterocycles. The molecule has 0 aliphatic heterocycles. The van der Waals surface area contributed by atoms with Crippen LogP contribution in [0.3, 0.4) is 0 Å². The van der Waals surface area contributed by atoms with E-state index < -0.39 is 0 Å². The molecule has 17 heavy (non-hydrogen) atoms. The molecule has 0 saturated heterocycles. The topological polar surface area (TPSA) is 38.2 Å². The maximum Gasteiger partial charge on any atom is 0.148 e. The number of fused-ring (bicyclic) bond motifs is 1. The molecular weight excluding hydrogens is 444 g/mol. The summed E-state index contributed by atoms with van der Waals surface area (Å²) in [5, 5.41) is 1.07. The molecule has 1 aromatic heterocycles. The summed E-state index contributed by atoms with van der Waals surface area (Å²) >= 11 is 4.16. The van der Waals surface area contributed by atoms with Crippen molar-refractivity contribution in [3.63, 3.8) is 0 Å². The smallest absolute Gasteiger partial charge is 0.148 e. The first kappa shape index (κ1) is 13.2. The highest BCUT2D eigenvalue weighted by Gasteiger charge is 2.10. The van der Waals surface area contributed by atoms with Crippen LogP contribution in [0.15, 0.2) is 24.3 Å². The molecule has 0 amide bonds. The van der Waals surface area contributed by atoms with Crippen LogP contribution in [0.1, 0.15) is 5.82 Å². The molecule has 0 fully saturated rings. The predicted octanol–water partition coefficient (Wildman–Crippen LogP) is 3.46. The quantitative estimate of drug-likeness (QED) is 0.523. The third-order valence-electron chi connectivity index (χ3n) is 2.29. The first-order chi connectivity index (χ1) is 8.22. The summed E-state index contributed by atoms with van der Waals surface area (Å²) in [6, 6.07) is 8.04. The second-order valence-electron chi connectivity index (χ2n) is 3.51. The third-order valence-corrected chi connectivity index (χ3v) is 3.67. The van der Waals surface area contributed by atoms with Gasteiger partial charge in [0, 0.05) is 5.39 Å². The van der Waals surface area contributed by atoms with Crippen molar-refractivity contribution in [1.82, 2.24) is 9.97 Å². The summed E-state index contributed by atoms with van der Waals surface area (Å²) in [7, 11) is 0. The Labute approximate surface area is 128 Å². The number of para-hydroxylation sites is 1. The fraction of sp³-hybridized carbons (Fsp3) is 0.273. The SMILES string of the molecule is Cc1nc(N(I)CCOI)c2ccccc2n1. The van der Waals surface area contributed by atoms with Gasteiger partial charge in [0.2, 0.25) is 0 Å². The van der Waals surface area contributed by atoms with Gasteiger partial charge in [-0.2, -0.15) is 0 Å². The summed E-state index contributed by atoms with van der Waals surface area (Å²) < 4.78 is 7.12. The highest BCUT2D eigenvalue weighted by Crippen LogP contribution is 2.25. The molecule has 0 unspecified atom stereocenters. The molecule has 0 saturated carbocycles. The highest BCUT2D eigenvalue weighted by molar-refractivity contribution is 14.1. The molecule has 0 N–H and O–H groups in total. The number of benzene rings is 1. The van der Waals surface area contributed by atoms with Crippen molar-refractivity contribution in [2.24, 2.45) is 0 Å². The summed E-state index contributed by atoms with van der Waals surface area (Å²) in [6.07, 6.45) is 0. The van der Waals surface area contributed by atoms with Crippen LogP contribution in [0, 0.1) is 6.92 Å². The Morgan fingerprint density at radius 2 is 2.06 bits per heavy atom. The average molecular weight is 455 g/mol. The lowest BCUT2D eigenvalue weighted by Gasteiger charge is -2.16. The maximum absolute atomic E-state index is 5.06. The second-order valence-corrected chi connectivity index (χ2v) is 5.30. The van der Waals surface area contributed by atoms with Crippen molar-refractivity contribution in [3.8, 4) is 0 Å². The van der Waals surface area contributed by atoms with Gasteiger partial charge >= 0.3 is 0 Å². The zero-order valence-corrected chi connectivity index (χ0v) is 13.5. The number of nitrogens with zero attached hydrogens (tertiary/aromatic N) is 3. The summed E-state index contributed by atoms with van der Waals surface area (Å²) in [4.78, 5) is 8.93. The molecule has 0 bridgehead atoms. The number of hydrogen-bond acceptors (Lipinski definition) is 4. The minimum absolute atomic E-state index is 0.668. The van der Waals surface area contributed by atoms with E-state index in [9.17, 15) is 0 Å². The van der Waals surface area contributed by atoms with Crippen molar-refractivity contribution in [2.45, 2.75) is 6.92 Å². The van der Waals surface area contributed by atoms with E-state index in [1.807, 2.05) is 54.2 Å². The predicted molar refractivity (Wildman–Crippen MR) is 85.6 cm³/mol. The van der Waals surface area contributed by atoms with Crippen LogP contribution in [0.4, 0.5) is 5.82 Å². The molecule has 2 aromatic rings. The van der Waals surface area contributed by atoms with Crippen LogP contribution in [0.2, 0.25) is 0 Å². The lowest BCUT2D eigenvalue weighted by molar-refractivity contribution is 0.442. The minimum Gasteiger partial charge on any atom is -0.314 e. The molecular formula is C11H11I2N3O. The van der Waals surface area contributed by atoms with Gasteiger partial charge in [-0.25, -0.2) is 9.97 Å². The van der Waals surface area contributed by atoms with E-state index in [1.54, 1.807) is 0 Å². The van der Waals surface area contributed by atoms with Crippen molar-refractivity contribution in [1.29, 1.82) is 0 Å². The standard InChI is InChI=1S/C11H11I2N3O/c1-8-14-10-5-3-2-4-9(10)11(15-8)16(12)6-7-17-13/h2-5H,6-7H2,1H3. The van der Waals surface area contributed by atoms with Crippen LogP contribution < -0.4 is 3.11 Å². The summed E-state index contributed by atoms with van der Waals surface area (Å²) in [6.45, 7) is 3.38. The Bertz CT molecular complexity index is 521. The molecule has 1 aromatic carbocycles. The maximum atomic E-state index is 5.06. The average Bonchev–Trinajstić information content (AvgIpc) is 2.34. The van der Waals surface area contributed by atoms with Crippen LogP contribution in [-0.4, -0.2) is 23.1 Å². The van der Waals surface area contributed by atoms with Crippen molar-refractivity contribution < 1.29 is 3.07 Å². The van der Waals surface area contributed by atoms with Gasteiger partial charge in [0.1, 0.15) is 34.6 Å². The molecule has 0 aliphatic carbocycles. The minimum atomic E-state index is 0.668. The van der Waals surface area contributed by atoms with E-state index in [-0.39, 0.29) is 0 Å². The number of anilines is 1. The number of hydrogen-bond donors (Lipinski definition) is 0. The highest BCUT2D eigenvalue weighted by atomic mass is 127. The van der Waals surface area contributed by atoms with Crippen LogP contribution >= 0.6 is 45.9 Å². The Hall–Kier alpha value is -0.220. The van der Waals surface area contributed by atoms with Gasteiger partial charge in [-0.3, -0.25) is 3.11 Å². The van der Waals surface area contributed by atoms with Crippen LogP contribution in [0.25, 0.3) is 10.9 Å². The van der Waals surface area contributed by atoms with E-state index >= 15 is 0 Å². The lowest BCUT2D eigenvalue weighted by atomic mass is 10.2. The first-order valence-electron chi connectivity index (χ1n) is 5.12. The molecule has 0 atom stereocenters. The Morgan fingerprint density at radius 3 is 2.82 bits per heavy atom. The monoisotopic (exact) mass is 455 g/mol. The molecule has 0 aliphatic rings. The fourth-order valence-electron chi connectivity index (χ4n) is 1.58. The molecule has 90 valence electrons. The van der Waals surface area contributed by atoms with E-state index in [2.05, 4.69) is 35.9 Å². The molecule has 6 heteroatoms. The van der Waals surface area contributed by atoms with E-state index in [4.69, 9.17) is 3.07 Å². The van der Waals surface area contributed by atoms with Gasteiger partial charge in [-0.15, -0.1) is 0 Å². The van der Waals surface area contributed by atoms with Crippen LogP contribution in [0.5, 0.6) is 0 Å². The van der Waals surface area contributed by atoms with Gasteiger partial charge < -0.3 is 3.07 Å². The number of aromatic nitrogens is 2. The van der Waals surface area contributed by atoms with Crippen molar-refractivity contribution >= 4 is 62.6 Å². The summed E-state index contributed by atoms with van der Waals surface area (Å²) in [5.74, 6) is 1.73. The zero-order valence-electron chi connectivity index (χ0n) is 9.23. The fourth-order valence-corrected chi connectivity index (χ4v) is 2.34. The first-order valence-corrected chi connectivity index (χ1v) is 6.97. The van der Waals surface area contributed by atoms with E-state index in [1.165, 1.54) is 0 Å².